The Morgan fingerprint density at radius 1 is 0.814 bits per heavy atom. The van der Waals surface area contributed by atoms with E-state index in [1.807, 2.05) is 67.6 Å². The summed E-state index contributed by atoms with van der Waals surface area (Å²) in [6.07, 6.45) is 3.72. The first-order valence-corrected chi connectivity index (χ1v) is 15.1. The molecule has 0 aliphatic heterocycles. The molecule has 0 aliphatic rings. The molecular weight excluding hydrogens is 558 g/mol. The Labute approximate surface area is 256 Å². The first-order chi connectivity index (χ1) is 20.9. The van der Waals surface area contributed by atoms with E-state index in [1.165, 1.54) is 11.8 Å². The molecule has 0 fully saturated rings. The van der Waals surface area contributed by atoms with Crippen molar-refractivity contribution in [2.24, 2.45) is 0 Å². The van der Waals surface area contributed by atoms with E-state index in [1.54, 1.807) is 48.5 Å². The molecule has 4 rings (SSSR count). The topological polar surface area (TPSA) is 96.5 Å². The van der Waals surface area contributed by atoms with Crippen molar-refractivity contribution in [3.8, 4) is 5.75 Å². The van der Waals surface area contributed by atoms with E-state index in [0.29, 0.717) is 23.5 Å². The van der Waals surface area contributed by atoms with Crippen LogP contribution in [0.5, 0.6) is 5.75 Å². The van der Waals surface area contributed by atoms with Crippen LogP contribution in [-0.2, 0) is 9.59 Å². The Kier molecular flexibility index (Phi) is 11.6. The maximum Gasteiger partial charge on any atom is 0.272 e. The van der Waals surface area contributed by atoms with Gasteiger partial charge in [-0.1, -0.05) is 67.4 Å². The number of nitrogens with one attached hydrogen (secondary N) is 3. The predicted molar refractivity (Wildman–Crippen MR) is 174 cm³/mol. The summed E-state index contributed by atoms with van der Waals surface area (Å²) in [6, 6.07) is 30.9. The van der Waals surface area contributed by atoms with Crippen LogP contribution in [0.4, 0.5) is 11.4 Å². The number of anilines is 2. The lowest BCUT2D eigenvalue weighted by atomic mass is 10.1. The second-order valence-electron chi connectivity index (χ2n) is 9.84. The first-order valence-electron chi connectivity index (χ1n) is 14.1. The monoisotopic (exact) mass is 593 g/mol. The van der Waals surface area contributed by atoms with E-state index in [0.717, 1.165) is 34.6 Å². The summed E-state index contributed by atoms with van der Waals surface area (Å²) in [5.74, 6) is -0.0311. The maximum atomic E-state index is 13.4. The standard InChI is InChI=1S/C35H35N3O4S/c1-3-4-20-42-30-18-16-28(17-19-30)36-33(39)24-43-31-15-9-14-29(23-31)37-35(41)32(22-26-11-8-10-25(2)21-26)38-34(40)27-12-6-5-7-13-27/h5-19,21-23H,3-4,20,24H2,1-2H3,(H,36,39)(H,37,41)(H,38,40)/b32-22+. The van der Waals surface area contributed by atoms with E-state index in [4.69, 9.17) is 4.74 Å². The first kappa shape index (κ1) is 31.1. The van der Waals surface area contributed by atoms with Crippen LogP contribution in [0.1, 0.15) is 41.3 Å². The predicted octanol–water partition coefficient (Wildman–Crippen LogP) is 7.31. The van der Waals surface area contributed by atoms with Gasteiger partial charge in [0.1, 0.15) is 11.4 Å². The molecule has 220 valence electrons. The lowest BCUT2D eigenvalue weighted by molar-refractivity contribution is -0.114. The van der Waals surface area contributed by atoms with E-state index >= 15 is 0 Å². The average molecular weight is 594 g/mol. The van der Waals surface area contributed by atoms with Crippen LogP contribution >= 0.6 is 11.8 Å². The van der Waals surface area contributed by atoms with Crippen LogP contribution in [-0.4, -0.2) is 30.1 Å². The number of rotatable bonds is 13. The third-order valence-corrected chi connectivity index (χ3v) is 7.24. The second-order valence-corrected chi connectivity index (χ2v) is 10.9. The van der Waals surface area contributed by atoms with E-state index < -0.39 is 5.91 Å². The molecule has 0 bridgehead atoms. The zero-order valence-electron chi connectivity index (χ0n) is 24.3. The highest BCUT2D eigenvalue weighted by molar-refractivity contribution is 8.00. The van der Waals surface area contributed by atoms with Gasteiger partial charge in [-0.25, -0.2) is 0 Å². The zero-order valence-corrected chi connectivity index (χ0v) is 25.1. The van der Waals surface area contributed by atoms with Gasteiger partial charge in [0.15, 0.2) is 0 Å². The fourth-order valence-electron chi connectivity index (χ4n) is 4.05. The molecule has 43 heavy (non-hydrogen) atoms. The second kappa shape index (κ2) is 16.0. The quantitative estimate of drug-likeness (QED) is 0.0858. The Hall–Kier alpha value is -4.82. The molecule has 3 amide bonds. The number of unbranched alkanes of at least 4 members (excludes halogenated alkanes) is 1. The van der Waals surface area contributed by atoms with Gasteiger partial charge in [0.25, 0.3) is 11.8 Å². The summed E-state index contributed by atoms with van der Waals surface area (Å²) < 4.78 is 5.67. The van der Waals surface area contributed by atoms with E-state index in [-0.39, 0.29) is 23.3 Å². The number of hydrogen-bond donors (Lipinski definition) is 3. The molecule has 0 aliphatic carbocycles. The lowest BCUT2D eigenvalue weighted by Gasteiger charge is -2.12. The highest BCUT2D eigenvalue weighted by atomic mass is 32.2. The number of carbonyl (C=O) groups is 3. The molecular formula is C35H35N3O4S. The number of carbonyl (C=O) groups excluding carboxylic acids is 3. The Bertz CT molecular complexity index is 1570. The summed E-state index contributed by atoms with van der Waals surface area (Å²) in [7, 11) is 0. The Morgan fingerprint density at radius 3 is 2.33 bits per heavy atom. The normalized spacial score (nSPS) is 11.0. The molecule has 0 atom stereocenters. The van der Waals surface area contributed by atoms with Crippen molar-refractivity contribution in [1.82, 2.24) is 5.32 Å². The summed E-state index contributed by atoms with van der Waals surface area (Å²) in [5, 5.41) is 8.53. The molecule has 0 heterocycles. The van der Waals surface area contributed by atoms with Crippen LogP contribution in [0.15, 0.2) is 114 Å². The van der Waals surface area contributed by atoms with Crippen molar-refractivity contribution in [1.29, 1.82) is 0 Å². The highest BCUT2D eigenvalue weighted by Crippen LogP contribution is 2.23. The van der Waals surface area contributed by atoms with Gasteiger partial charge in [0.05, 0.1) is 12.4 Å². The minimum atomic E-state index is -0.465. The number of hydrogen-bond acceptors (Lipinski definition) is 5. The molecule has 7 nitrogen and oxygen atoms in total. The molecule has 0 spiro atoms. The molecule has 4 aromatic rings. The fourth-order valence-corrected chi connectivity index (χ4v) is 4.80. The van der Waals surface area contributed by atoms with Gasteiger partial charge in [-0.3, -0.25) is 14.4 Å². The van der Waals surface area contributed by atoms with Crippen molar-refractivity contribution < 1.29 is 19.1 Å². The zero-order chi connectivity index (χ0) is 30.4. The van der Waals surface area contributed by atoms with Gasteiger partial charge in [0, 0.05) is 21.8 Å². The van der Waals surface area contributed by atoms with Crippen LogP contribution in [0.2, 0.25) is 0 Å². The molecule has 0 unspecified atom stereocenters. The van der Waals surface area contributed by atoms with Crippen LogP contribution in [0, 0.1) is 6.92 Å². The van der Waals surface area contributed by atoms with Gasteiger partial charge >= 0.3 is 0 Å². The van der Waals surface area contributed by atoms with Crippen molar-refractivity contribution in [2.45, 2.75) is 31.6 Å². The third kappa shape index (κ3) is 10.2. The number of benzene rings is 4. The molecule has 0 radical (unpaired) electrons. The smallest absolute Gasteiger partial charge is 0.272 e. The molecule has 0 saturated carbocycles. The number of aryl methyl sites for hydroxylation is 1. The van der Waals surface area contributed by atoms with E-state index in [2.05, 4.69) is 22.9 Å². The minimum Gasteiger partial charge on any atom is -0.494 e. The molecule has 8 heteroatoms. The number of thioether (sulfide) groups is 1. The van der Waals surface area contributed by atoms with Gasteiger partial charge in [-0.15, -0.1) is 11.8 Å². The minimum absolute atomic E-state index is 0.110. The van der Waals surface area contributed by atoms with Crippen molar-refractivity contribution in [3.05, 3.63) is 126 Å². The maximum absolute atomic E-state index is 13.4. The van der Waals surface area contributed by atoms with Crippen molar-refractivity contribution in [3.63, 3.8) is 0 Å². The largest absolute Gasteiger partial charge is 0.494 e. The average Bonchev–Trinajstić information content (AvgIpc) is 3.01. The summed E-state index contributed by atoms with van der Waals surface area (Å²) in [6.45, 7) is 4.75. The number of ether oxygens (including phenoxy) is 1. The molecule has 0 saturated heterocycles. The SMILES string of the molecule is CCCCOc1ccc(NC(=O)CSc2cccc(NC(=O)/C(=C\c3cccc(C)c3)NC(=O)c3ccccc3)c2)cc1. The molecule has 0 aromatic heterocycles. The lowest BCUT2D eigenvalue weighted by Crippen LogP contribution is -2.30. The summed E-state index contributed by atoms with van der Waals surface area (Å²) in [5.41, 5.74) is 3.60. The van der Waals surface area contributed by atoms with Gasteiger partial charge < -0.3 is 20.7 Å². The Morgan fingerprint density at radius 2 is 1.58 bits per heavy atom. The van der Waals surface area contributed by atoms with E-state index in [9.17, 15) is 14.4 Å². The van der Waals surface area contributed by atoms with Gasteiger partial charge in [0.2, 0.25) is 5.91 Å². The Balaban J connectivity index is 1.38. The van der Waals surface area contributed by atoms with Gasteiger partial charge in [-0.05, 0) is 79.6 Å². The van der Waals surface area contributed by atoms with Crippen molar-refractivity contribution in [2.75, 3.05) is 23.0 Å². The summed E-state index contributed by atoms with van der Waals surface area (Å²) in [4.78, 5) is 39.6. The molecule has 3 N–H and O–H groups in total. The molecule has 4 aromatic carbocycles. The highest BCUT2D eigenvalue weighted by Gasteiger charge is 2.15. The van der Waals surface area contributed by atoms with Crippen LogP contribution in [0.3, 0.4) is 0 Å². The number of amides is 3. The third-order valence-electron chi connectivity index (χ3n) is 6.25. The van der Waals surface area contributed by atoms with Crippen molar-refractivity contribution >= 4 is 46.9 Å². The van der Waals surface area contributed by atoms with Gasteiger partial charge in [-0.2, -0.15) is 0 Å². The van der Waals surface area contributed by atoms with Crippen LogP contribution in [0.25, 0.3) is 6.08 Å². The van der Waals surface area contributed by atoms with Crippen LogP contribution < -0.4 is 20.7 Å². The fraction of sp³-hybridized carbons (Fsp3) is 0.171. The summed E-state index contributed by atoms with van der Waals surface area (Å²) >= 11 is 1.35.